The van der Waals surface area contributed by atoms with E-state index in [4.69, 9.17) is 16.7 Å². The van der Waals surface area contributed by atoms with Gasteiger partial charge in [0.2, 0.25) is 5.24 Å². The van der Waals surface area contributed by atoms with Crippen LogP contribution in [-0.4, -0.2) is 16.3 Å². The van der Waals surface area contributed by atoms with Crippen molar-refractivity contribution in [3.05, 3.63) is 0 Å². The van der Waals surface area contributed by atoms with Crippen molar-refractivity contribution in [1.82, 2.24) is 0 Å². The number of aliphatic carboxylic acids is 1. The first-order valence-electron chi connectivity index (χ1n) is 5.96. The lowest BCUT2D eigenvalue weighted by molar-refractivity contribution is -0.155. The normalized spacial score (nSPS) is 30.0. The van der Waals surface area contributed by atoms with Gasteiger partial charge in [-0.15, -0.1) is 0 Å². The maximum Gasteiger partial charge on any atom is 0.318 e. The maximum absolute atomic E-state index is 11.3. The largest absolute Gasteiger partial charge is 0.480 e. The Morgan fingerprint density at radius 3 is 2.31 bits per heavy atom. The van der Waals surface area contributed by atoms with Gasteiger partial charge in [0, 0.05) is 0 Å². The molecule has 0 bridgehead atoms. The molecule has 0 unspecified atom stereocenters. The lowest BCUT2D eigenvalue weighted by Gasteiger charge is -2.33. The number of carbonyl (C=O) groups is 2. The van der Waals surface area contributed by atoms with Gasteiger partial charge in [-0.25, -0.2) is 0 Å². The molecule has 0 amide bonds. The topological polar surface area (TPSA) is 54.4 Å². The third kappa shape index (κ3) is 2.76. The van der Waals surface area contributed by atoms with Crippen molar-refractivity contribution in [2.75, 3.05) is 0 Å². The average Bonchev–Trinajstić information content (AvgIpc) is 2.26. The summed E-state index contributed by atoms with van der Waals surface area (Å²) in [6.45, 7) is 2.15. The van der Waals surface area contributed by atoms with Crippen LogP contribution in [0.3, 0.4) is 0 Å². The quantitative estimate of drug-likeness (QED) is 0.599. The zero-order valence-electron chi connectivity index (χ0n) is 9.67. The van der Waals surface area contributed by atoms with Crippen molar-refractivity contribution in [2.45, 2.75) is 51.9 Å². The molecule has 0 spiro atoms. The molecule has 0 radical (unpaired) electrons. The fourth-order valence-electron chi connectivity index (χ4n) is 2.45. The second-order valence-electron chi connectivity index (χ2n) is 4.75. The second-order valence-corrected chi connectivity index (χ2v) is 5.09. The molecule has 3 nitrogen and oxygen atoms in total. The number of carboxylic acids is 1. The molecule has 1 aliphatic rings. The summed E-state index contributed by atoms with van der Waals surface area (Å²) >= 11 is 5.44. The highest BCUT2D eigenvalue weighted by molar-refractivity contribution is 6.66. The Hall–Kier alpha value is -0.570. The smallest absolute Gasteiger partial charge is 0.318 e. The van der Waals surface area contributed by atoms with Gasteiger partial charge in [-0.3, -0.25) is 9.59 Å². The zero-order chi connectivity index (χ0) is 12.2. The minimum absolute atomic E-state index is 0.402. The SMILES string of the molecule is CCCCC1CCC(C(=O)O)(C(=O)Cl)CC1. The van der Waals surface area contributed by atoms with Crippen molar-refractivity contribution in [1.29, 1.82) is 0 Å². The fourth-order valence-corrected chi connectivity index (χ4v) is 2.72. The molecule has 1 N–H and O–H groups in total. The molecule has 1 saturated carbocycles. The van der Waals surface area contributed by atoms with Gasteiger partial charge < -0.3 is 5.11 Å². The summed E-state index contributed by atoms with van der Waals surface area (Å²) in [7, 11) is 0. The van der Waals surface area contributed by atoms with E-state index in [-0.39, 0.29) is 0 Å². The minimum atomic E-state index is -1.30. The highest BCUT2D eigenvalue weighted by Gasteiger charge is 2.47. The molecule has 0 aromatic heterocycles. The summed E-state index contributed by atoms with van der Waals surface area (Å²) in [5, 5.41) is 8.42. The van der Waals surface area contributed by atoms with Gasteiger partial charge in [-0.2, -0.15) is 0 Å². The monoisotopic (exact) mass is 246 g/mol. The highest BCUT2D eigenvalue weighted by Crippen LogP contribution is 2.42. The van der Waals surface area contributed by atoms with Crippen molar-refractivity contribution < 1.29 is 14.7 Å². The van der Waals surface area contributed by atoms with Crippen LogP contribution in [0.1, 0.15) is 51.9 Å². The van der Waals surface area contributed by atoms with Crippen molar-refractivity contribution in [3.63, 3.8) is 0 Å². The second kappa shape index (κ2) is 5.67. The molecule has 16 heavy (non-hydrogen) atoms. The number of hydrogen-bond donors (Lipinski definition) is 1. The van der Waals surface area contributed by atoms with E-state index in [1.807, 2.05) is 0 Å². The standard InChI is InChI=1S/C12H19ClO3/c1-2-3-4-9-5-7-12(8-6-9,10(13)14)11(15)16/h9H,2-8H2,1H3,(H,15,16). The van der Waals surface area contributed by atoms with Crippen LogP contribution in [0.25, 0.3) is 0 Å². The molecule has 4 heteroatoms. The highest BCUT2D eigenvalue weighted by atomic mass is 35.5. The summed E-state index contributed by atoms with van der Waals surface area (Å²) < 4.78 is 0. The van der Waals surface area contributed by atoms with Gasteiger partial charge in [-0.05, 0) is 43.2 Å². The Labute approximate surface area is 101 Å². The summed E-state index contributed by atoms with van der Waals surface area (Å²) in [6.07, 6.45) is 5.91. The minimum Gasteiger partial charge on any atom is -0.480 e. The molecule has 0 saturated heterocycles. The first-order valence-corrected chi connectivity index (χ1v) is 6.34. The molecule has 0 aliphatic heterocycles. The molecular weight excluding hydrogens is 228 g/mol. The number of halogens is 1. The Morgan fingerprint density at radius 1 is 1.38 bits per heavy atom. The predicted molar refractivity (Wildman–Crippen MR) is 62.4 cm³/mol. The van der Waals surface area contributed by atoms with E-state index < -0.39 is 16.6 Å². The third-order valence-corrected chi connectivity index (χ3v) is 4.07. The number of rotatable bonds is 5. The van der Waals surface area contributed by atoms with Gasteiger partial charge in [0.25, 0.3) is 0 Å². The molecule has 92 valence electrons. The van der Waals surface area contributed by atoms with Crippen LogP contribution in [0.5, 0.6) is 0 Å². The first-order chi connectivity index (χ1) is 7.53. The maximum atomic E-state index is 11.3. The van der Waals surface area contributed by atoms with Gasteiger partial charge in [-0.1, -0.05) is 26.2 Å². The Kier molecular flexibility index (Phi) is 4.78. The van der Waals surface area contributed by atoms with Crippen LogP contribution in [0.4, 0.5) is 0 Å². The van der Waals surface area contributed by atoms with Crippen LogP contribution in [0.15, 0.2) is 0 Å². The number of unbranched alkanes of at least 4 members (excludes halogenated alkanes) is 1. The molecule has 0 atom stereocenters. The van der Waals surface area contributed by atoms with Crippen LogP contribution < -0.4 is 0 Å². The number of carboxylic acid groups (broad SMARTS) is 1. The summed E-state index contributed by atoms with van der Waals surface area (Å²) in [5.41, 5.74) is -1.30. The van der Waals surface area contributed by atoms with E-state index in [0.717, 1.165) is 25.7 Å². The molecule has 1 fully saturated rings. The Balaban J connectivity index is 2.57. The molecule has 0 heterocycles. The first kappa shape index (κ1) is 13.5. The van der Waals surface area contributed by atoms with Gasteiger partial charge in [0.05, 0.1) is 0 Å². The number of hydrogen-bond acceptors (Lipinski definition) is 2. The average molecular weight is 247 g/mol. The number of carbonyl (C=O) groups excluding carboxylic acids is 1. The summed E-state index contributed by atoms with van der Waals surface area (Å²) in [5.74, 6) is -0.482. The van der Waals surface area contributed by atoms with E-state index in [1.165, 1.54) is 6.42 Å². The molecule has 0 aromatic rings. The lowest BCUT2D eigenvalue weighted by atomic mass is 9.70. The zero-order valence-corrected chi connectivity index (χ0v) is 10.4. The van der Waals surface area contributed by atoms with Crippen LogP contribution in [0.2, 0.25) is 0 Å². The van der Waals surface area contributed by atoms with Gasteiger partial charge in [0.15, 0.2) is 0 Å². The van der Waals surface area contributed by atoms with Gasteiger partial charge in [0.1, 0.15) is 5.41 Å². The summed E-state index contributed by atoms with van der Waals surface area (Å²) in [4.78, 5) is 22.4. The van der Waals surface area contributed by atoms with Crippen LogP contribution in [-0.2, 0) is 9.59 Å². The van der Waals surface area contributed by atoms with Gasteiger partial charge >= 0.3 is 5.97 Å². The van der Waals surface area contributed by atoms with E-state index >= 15 is 0 Å². The molecule has 0 aromatic carbocycles. The predicted octanol–water partition coefficient (Wildman–Crippen LogP) is 3.20. The van der Waals surface area contributed by atoms with Crippen LogP contribution >= 0.6 is 11.6 Å². The van der Waals surface area contributed by atoms with E-state index in [9.17, 15) is 9.59 Å². The van der Waals surface area contributed by atoms with Crippen molar-refractivity contribution in [2.24, 2.45) is 11.3 Å². The molecule has 1 aliphatic carbocycles. The van der Waals surface area contributed by atoms with E-state index in [0.29, 0.717) is 18.8 Å². The molecular formula is C12H19ClO3. The Bertz CT molecular complexity index is 251. The third-order valence-electron chi connectivity index (χ3n) is 3.71. The van der Waals surface area contributed by atoms with Crippen molar-refractivity contribution >= 4 is 22.8 Å². The molecule has 1 rings (SSSR count). The fraction of sp³-hybridized carbons (Fsp3) is 0.833. The van der Waals surface area contributed by atoms with E-state index in [1.54, 1.807) is 0 Å². The van der Waals surface area contributed by atoms with Crippen LogP contribution in [0, 0.1) is 11.3 Å². The van der Waals surface area contributed by atoms with E-state index in [2.05, 4.69) is 6.92 Å². The lowest BCUT2D eigenvalue weighted by Crippen LogP contribution is -2.40. The van der Waals surface area contributed by atoms with Crippen molar-refractivity contribution in [3.8, 4) is 0 Å². The Morgan fingerprint density at radius 2 is 1.94 bits per heavy atom. The summed E-state index contributed by atoms with van der Waals surface area (Å²) in [6, 6.07) is 0.